The number of fused-ring (bicyclic) bond motifs is 1. The molecule has 6 rings (SSSR count). The molecule has 0 bridgehead atoms. The van der Waals surface area contributed by atoms with E-state index >= 15 is 0 Å². The zero-order valence-electron chi connectivity index (χ0n) is 22.5. The smallest absolute Gasteiger partial charge is 0.415 e. The number of piperazine rings is 1. The molecule has 0 radical (unpaired) electrons. The number of rotatable bonds is 9. The minimum atomic E-state index is -0.844. The second kappa shape index (κ2) is 11.5. The van der Waals surface area contributed by atoms with Gasteiger partial charge in [0.15, 0.2) is 11.6 Å². The topological polar surface area (TPSA) is 111 Å². The van der Waals surface area contributed by atoms with Crippen molar-refractivity contribution in [2.45, 2.75) is 25.7 Å². The SMILES string of the molecule is O=C(Oc1ccc2c(Oc3ccc(CC(=O)C4(C(=O)Cc5ccccc5)CC4)cc3)ncnc2c1)N1CCNCC1. The Kier molecular flexibility index (Phi) is 7.43. The van der Waals surface area contributed by atoms with Crippen molar-refractivity contribution in [3.63, 3.8) is 0 Å². The van der Waals surface area contributed by atoms with Gasteiger partial charge in [-0.3, -0.25) is 9.59 Å². The molecule has 1 amide bonds. The lowest BCUT2D eigenvalue weighted by Crippen LogP contribution is -2.47. The van der Waals surface area contributed by atoms with Crippen LogP contribution in [-0.2, 0) is 22.4 Å². The Morgan fingerprint density at radius 1 is 0.805 bits per heavy atom. The van der Waals surface area contributed by atoms with E-state index in [-0.39, 0.29) is 30.5 Å². The third kappa shape index (κ3) is 5.95. The van der Waals surface area contributed by atoms with Gasteiger partial charge in [0.25, 0.3) is 0 Å². The van der Waals surface area contributed by atoms with Crippen molar-refractivity contribution in [1.82, 2.24) is 20.2 Å². The predicted octanol–water partition coefficient (Wildman–Crippen LogP) is 4.53. The number of amides is 1. The van der Waals surface area contributed by atoms with Crippen molar-refractivity contribution in [2.24, 2.45) is 5.41 Å². The molecule has 1 saturated heterocycles. The minimum absolute atomic E-state index is 0.00557. The van der Waals surface area contributed by atoms with E-state index in [1.54, 1.807) is 35.2 Å². The van der Waals surface area contributed by atoms with Crippen LogP contribution in [0.5, 0.6) is 17.4 Å². The van der Waals surface area contributed by atoms with Gasteiger partial charge in [0, 0.05) is 45.1 Å². The Bertz CT molecular complexity index is 1580. The summed E-state index contributed by atoms with van der Waals surface area (Å²) in [5, 5.41) is 3.88. The fourth-order valence-electron chi connectivity index (χ4n) is 5.10. The Morgan fingerprint density at radius 3 is 2.15 bits per heavy atom. The van der Waals surface area contributed by atoms with Gasteiger partial charge in [-0.15, -0.1) is 0 Å². The molecule has 0 unspecified atom stereocenters. The highest BCUT2D eigenvalue weighted by Crippen LogP contribution is 2.48. The molecule has 4 aromatic rings. The highest BCUT2D eigenvalue weighted by Gasteiger charge is 2.54. The molecule has 1 aliphatic heterocycles. The summed E-state index contributed by atoms with van der Waals surface area (Å²) >= 11 is 0. The second-order valence-electron chi connectivity index (χ2n) is 10.5. The summed E-state index contributed by atoms with van der Waals surface area (Å²) in [6.07, 6.45) is 2.74. The van der Waals surface area contributed by atoms with Crippen LogP contribution in [0.1, 0.15) is 24.0 Å². The van der Waals surface area contributed by atoms with E-state index in [1.165, 1.54) is 6.33 Å². The Balaban J connectivity index is 1.09. The van der Waals surface area contributed by atoms with Crippen LogP contribution in [0, 0.1) is 5.41 Å². The number of ketones is 2. The van der Waals surface area contributed by atoms with Gasteiger partial charge in [-0.2, -0.15) is 0 Å². The van der Waals surface area contributed by atoms with Crippen LogP contribution in [0.4, 0.5) is 4.79 Å². The molecule has 9 nitrogen and oxygen atoms in total. The van der Waals surface area contributed by atoms with Crippen molar-refractivity contribution in [2.75, 3.05) is 26.2 Å². The number of ether oxygens (including phenoxy) is 2. The summed E-state index contributed by atoms with van der Waals surface area (Å²) in [5.41, 5.74) is 1.49. The summed E-state index contributed by atoms with van der Waals surface area (Å²) in [6.45, 7) is 2.69. The quantitative estimate of drug-likeness (QED) is 0.303. The number of hydrogen-bond acceptors (Lipinski definition) is 8. The molecule has 208 valence electrons. The molecular weight excluding hydrogens is 520 g/mol. The predicted molar refractivity (Wildman–Crippen MR) is 152 cm³/mol. The first kappa shape index (κ1) is 26.6. The van der Waals surface area contributed by atoms with E-state index in [0.29, 0.717) is 54.2 Å². The van der Waals surface area contributed by atoms with Gasteiger partial charge in [0.05, 0.1) is 16.3 Å². The summed E-state index contributed by atoms with van der Waals surface area (Å²) in [5.74, 6) is 1.29. The molecule has 2 aliphatic rings. The molecule has 3 aromatic carbocycles. The number of carbonyl (C=O) groups excluding carboxylic acids is 3. The number of carbonyl (C=O) groups is 3. The van der Waals surface area contributed by atoms with Gasteiger partial charge >= 0.3 is 6.09 Å². The lowest BCUT2D eigenvalue weighted by molar-refractivity contribution is -0.133. The molecule has 2 fully saturated rings. The first-order valence-electron chi connectivity index (χ1n) is 13.8. The van der Waals surface area contributed by atoms with Crippen LogP contribution < -0.4 is 14.8 Å². The molecule has 1 aliphatic carbocycles. The van der Waals surface area contributed by atoms with E-state index in [1.807, 2.05) is 42.5 Å². The molecule has 0 atom stereocenters. The zero-order chi connectivity index (χ0) is 28.2. The molecule has 1 saturated carbocycles. The molecule has 9 heteroatoms. The molecular formula is C32H30N4O5. The number of nitrogens with zero attached hydrogens (tertiary/aromatic N) is 3. The van der Waals surface area contributed by atoms with Crippen molar-refractivity contribution in [3.05, 3.63) is 90.3 Å². The van der Waals surface area contributed by atoms with Crippen molar-refractivity contribution in [1.29, 1.82) is 0 Å². The van der Waals surface area contributed by atoms with E-state index in [9.17, 15) is 14.4 Å². The first-order chi connectivity index (χ1) is 20.0. The maximum absolute atomic E-state index is 13.1. The fraction of sp³-hybridized carbons (Fsp3) is 0.281. The number of hydrogen-bond donors (Lipinski definition) is 1. The first-order valence-corrected chi connectivity index (χ1v) is 13.8. The molecule has 0 spiro atoms. The number of aromatic nitrogens is 2. The number of Topliss-reactive ketones (excluding diaryl/α,β-unsaturated/α-hetero) is 2. The van der Waals surface area contributed by atoms with E-state index in [4.69, 9.17) is 9.47 Å². The van der Waals surface area contributed by atoms with Gasteiger partial charge in [0.2, 0.25) is 5.88 Å². The van der Waals surface area contributed by atoms with Crippen LogP contribution in [-0.4, -0.2) is 58.7 Å². The third-order valence-electron chi connectivity index (χ3n) is 7.68. The van der Waals surface area contributed by atoms with E-state index in [2.05, 4.69) is 15.3 Å². The maximum Gasteiger partial charge on any atom is 0.415 e. The standard InChI is InChI=1S/C32H30N4O5/c37-28(18-22-4-2-1-3-5-22)32(12-13-32)29(38)19-23-6-8-24(9-7-23)40-30-26-11-10-25(20-27(26)34-21-35-30)41-31(39)36-16-14-33-15-17-36/h1-11,20-21,33H,12-19H2. The largest absolute Gasteiger partial charge is 0.438 e. The highest BCUT2D eigenvalue weighted by atomic mass is 16.6. The lowest BCUT2D eigenvalue weighted by atomic mass is 9.88. The molecule has 41 heavy (non-hydrogen) atoms. The summed E-state index contributed by atoms with van der Waals surface area (Å²) in [4.78, 5) is 48.8. The fourth-order valence-corrected chi connectivity index (χ4v) is 5.10. The van der Waals surface area contributed by atoms with Gasteiger partial charge in [0.1, 0.15) is 17.8 Å². The van der Waals surface area contributed by atoms with Crippen LogP contribution in [0.15, 0.2) is 79.1 Å². The average Bonchev–Trinajstić information content (AvgIpc) is 3.82. The maximum atomic E-state index is 13.1. The molecule has 1 aromatic heterocycles. The molecule has 2 heterocycles. The van der Waals surface area contributed by atoms with Crippen LogP contribution in [0.25, 0.3) is 10.9 Å². The van der Waals surface area contributed by atoms with Crippen LogP contribution >= 0.6 is 0 Å². The number of nitrogens with one attached hydrogen (secondary N) is 1. The Morgan fingerprint density at radius 2 is 1.46 bits per heavy atom. The second-order valence-corrected chi connectivity index (χ2v) is 10.5. The van der Waals surface area contributed by atoms with Crippen LogP contribution in [0.2, 0.25) is 0 Å². The van der Waals surface area contributed by atoms with E-state index < -0.39 is 5.41 Å². The monoisotopic (exact) mass is 550 g/mol. The van der Waals surface area contributed by atoms with Crippen molar-refractivity contribution < 1.29 is 23.9 Å². The van der Waals surface area contributed by atoms with Gasteiger partial charge in [-0.05, 0) is 48.2 Å². The van der Waals surface area contributed by atoms with Crippen molar-refractivity contribution >= 4 is 28.6 Å². The van der Waals surface area contributed by atoms with Gasteiger partial charge < -0.3 is 19.7 Å². The lowest BCUT2D eigenvalue weighted by Gasteiger charge is -2.26. The Labute approximate surface area is 237 Å². The minimum Gasteiger partial charge on any atom is -0.438 e. The summed E-state index contributed by atoms with van der Waals surface area (Å²) < 4.78 is 11.6. The average molecular weight is 551 g/mol. The van der Waals surface area contributed by atoms with Crippen LogP contribution in [0.3, 0.4) is 0 Å². The van der Waals surface area contributed by atoms with E-state index in [0.717, 1.165) is 24.2 Å². The number of benzene rings is 3. The summed E-state index contributed by atoms with van der Waals surface area (Å²) in [7, 11) is 0. The van der Waals surface area contributed by atoms with Gasteiger partial charge in [-0.25, -0.2) is 14.8 Å². The molecule has 1 N–H and O–H groups in total. The third-order valence-corrected chi connectivity index (χ3v) is 7.68. The highest BCUT2D eigenvalue weighted by molar-refractivity contribution is 6.10. The van der Waals surface area contributed by atoms with Gasteiger partial charge in [-0.1, -0.05) is 42.5 Å². The van der Waals surface area contributed by atoms with Crippen molar-refractivity contribution in [3.8, 4) is 17.4 Å². The normalized spacial score (nSPS) is 15.8. The summed E-state index contributed by atoms with van der Waals surface area (Å²) in [6, 6.07) is 21.9. The Hall–Kier alpha value is -4.63. The zero-order valence-corrected chi connectivity index (χ0v) is 22.5.